The molecule has 7 rings (SSSR count). The Morgan fingerprint density at radius 2 is 1.56 bits per heavy atom. The summed E-state index contributed by atoms with van der Waals surface area (Å²) in [6.45, 7) is 9.92. The highest BCUT2D eigenvalue weighted by molar-refractivity contribution is 7.99. The Morgan fingerprint density at radius 3 is 2.27 bits per heavy atom. The highest BCUT2D eigenvalue weighted by atomic mass is 35.5. The minimum atomic E-state index is -6.06. The zero-order chi connectivity index (χ0) is 45.7. The summed E-state index contributed by atoms with van der Waals surface area (Å²) in [6, 6.07) is 24.3. The minimum Gasteiger partial charge on any atom is -0.380 e. The van der Waals surface area contributed by atoms with Crippen molar-refractivity contribution < 1.29 is 39.5 Å². The van der Waals surface area contributed by atoms with Crippen LogP contribution in [0.1, 0.15) is 66.6 Å². The number of halogens is 4. The van der Waals surface area contributed by atoms with Crippen molar-refractivity contribution in [2.75, 3.05) is 63.6 Å². The molecule has 64 heavy (non-hydrogen) atoms. The van der Waals surface area contributed by atoms with Crippen molar-refractivity contribution in [3.05, 3.63) is 124 Å². The van der Waals surface area contributed by atoms with Gasteiger partial charge in [0.25, 0.3) is 25.8 Å². The second kappa shape index (κ2) is 20.3. The smallest absolute Gasteiger partial charge is 0.380 e. The molecular weight excluding hydrogens is 905 g/mol. The SMILES string of the molecule is CC1(C)CCC(c2ccc(Cl)cc2)=C(CN2CCc3ccc(C(=O)NS(=O)(=O)c4ccc(N[C@H](CCN5CCOCC5)CSc5ccccc5)c(S(=O)(=O)C(F)(F)F)c4)cc3CC2)C1. The highest BCUT2D eigenvalue weighted by Gasteiger charge is 2.48. The van der Waals surface area contributed by atoms with Gasteiger partial charge in [0.05, 0.1) is 23.8 Å². The van der Waals surface area contributed by atoms with E-state index in [1.807, 2.05) is 53.3 Å². The Hall–Kier alpha value is -3.90. The zero-order valence-electron chi connectivity index (χ0n) is 35.9. The first-order chi connectivity index (χ1) is 30.4. The third-order valence-corrected chi connectivity index (χ3v) is 16.5. The average Bonchev–Trinajstić information content (AvgIpc) is 3.46. The number of thioether (sulfide) groups is 1. The van der Waals surface area contributed by atoms with E-state index in [9.17, 15) is 34.8 Å². The van der Waals surface area contributed by atoms with Gasteiger partial charge < -0.3 is 10.1 Å². The Morgan fingerprint density at radius 1 is 0.859 bits per heavy atom. The van der Waals surface area contributed by atoms with E-state index in [4.69, 9.17) is 16.3 Å². The van der Waals surface area contributed by atoms with Gasteiger partial charge in [0.1, 0.15) is 4.90 Å². The topological polar surface area (TPSA) is 125 Å². The quantitative estimate of drug-likeness (QED) is 0.112. The van der Waals surface area contributed by atoms with E-state index in [-0.39, 0.29) is 11.0 Å². The number of sulfonamides is 1. The van der Waals surface area contributed by atoms with Gasteiger partial charge in [-0.3, -0.25) is 14.6 Å². The fourth-order valence-electron chi connectivity index (χ4n) is 8.57. The van der Waals surface area contributed by atoms with Gasteiger partial charge in [-0.25, -0.2) is 21.6 Å². The van der Waals surface area contributed by atoms with Gasteiger partial charge >= 0.3 is 5.51 Å². The standard InChI is InChI=1S/C47H54ClF3N4O6S3/c1-46(2)20-16-42(34-10-12-38(48)13-11-34)37(30-46)31-55-21-17-33-8-9-36(28-35(33)18-22-55)45(56)53-64(59,60)41-14-15-43(44(29-41)63(57,58)47(49,50)51)52-39(19-23-54-24-26-61-27-25-54)32-62-40-6-4-3-5-7-40/h3-15,28-29,39,52H,16-27,30-32H2,1-2H3,(H,53,56)/t39-/m1/s1. The summed E-state index contributed by atoms with van der Waals surface area (Å²) in [5.41, 5.74) is -0.0441. The summed E-state index contributed by atoms with van der Waals surface area (Å²) in [4.78, 5) is 17.0. The van der Waals surface area contributed by atoms with Crippen molar-refractivity contribution in [1.82, 2.24) is 14.5 Å². The van der Waals surface area contributed by atoms with E-state index in [0.717, 1.165) is 66.9 Å². The van der Waals surface area contributed by atoms with Crippen LogP contribution in [0, 0.1) is 5.41 Å². The predicted molar refractivity (Wildman–Crippen MR) is 247 cm³/mol. The first kappa shape index (κ1) is 48.0. The Kier molecular flexibility index (Phi) is 15.2. The molecule has 1 fully saturated rings. The first-order valence-corrected chi connectivity index (χ1v) is 25.8. The molecule has 3 aliphatic rings. The van der Waals surface area contributed by atoms with Crippen LogP contribution in [0.25, 0.3) is 5.57 Å². The lowest BCUT2D eigenvalue weighted by Crippen LogP contribution is -2.39. The number of anilines is 1. The van der Waals surface area contributed by atoms with Crippen molar-refractivity contribution in [3.63, 3.8) is 0 Å². The lowest BCUT2D eigenvalue weighted by Gasteiger charge is -2.35. The summed E-state index contributed by atoms with van der Waals surface area (Å²) < 4.78 is 104. The number of morpholine rings is 1. The van der Waals surface area contributed by atoms with Crippen LogP contribution in [0.4, 0.5) is 18.9 Å². The number of nitrogens with zero attached hydrogens (tertiary/aromatic N) is 2. The van der Waals surface area contributed by atoms with Crippen molar-refractivity contribution in [3.8, 4) is 0 Å². The zero-order valence-corrected chi connectivity index (χ0v) is 39.1. The molecule has 10 nitrogen and oxygen atoms in total. The fourth-order valence-corrected chi connectivity index (χ4v) is 11.7. The number of ether oxygens (including phenoxy) is 1. The van der Waals surface area contributed by atoms with Crippen molar-refractivity contribution in [2.24, 2.45) is 5.41 Å². The number of alkyl halides is 3. The number of sulfone groups is 1. The molecule has 0 saturated carbocycles. The highest BCUT2D eigenvalue weighted by Crippen LogP contribution is 2.43. The molecule has 4 aromatic carbocycles. The molecule has 0 radical (unpaired) electrons. The maximum absolute atomic E-state index is 14.2. The largest absolute Gasteiger partial charge is 0.501 e. The maximum Gasteiger partial charge on any atom is 0.501 e. The van der Waals surface area contributed by atoms with Gasteiger partial charge in [-0.15, -0.1) is 11.8 Å². The molecule has 4 aromatic rings. The molecule has 344 valence electrons. The molecule has 2 aliphatic heterocycles. The van der Waals surface area contributed by atoms with Gasteiger partial charge in [0.15, 0.2) is 0 Å². The minimum absolute atomic E-state index is 0.0537. The summed E-state index contributed by atoms with van der Waals surface area (Å²) >= 11 is 7.66. The molecule has 0 bridgehead atoms. The van der Waals surface area contributed by atoms with Crippen LogP contribution in [0.3, 0.4) is 0 Å². The number of carbonyl (C=O) groups excluding carboxylic acids is 1. The van der Waals surface area contributed by atoms with Gasteiger partial charge in [0.2, 0.25) is 0 Å². The number of fused-ring (bicyclic) bond motifs is 1. The van der Waals surface area contributed by atoms with Crippen LogP contribution < -0.4 is 10.0 Å². The van der Waals surface area contributed by atoms with E-state index in [2.05, 4.69) is 41.1 Å². The molecule has 0 unspecified atom stereocenters. The van der Waals surface area contributed by atoms with Crippen molar-refractivity contribution in [2.45, 2.75) is 78.6 Å². The Labute approximate surface area is 383 Å². The van der Waals surface area contributed by atoms with Crippen molar-refractivity contribution >= 4 is 60.4 Å². The van der Waals surface area contributed by atoms with E-state index in [1.165, 1.54) is 34.5 Å². The predicted octanol–water partition coefficient (Wildman–Crippen LogP) is 9.11. The van der Waals surface area contributed by atoms with Crippen LogP contribution in [0.5, 0.6) is 0 Å². The van der Waals surface area contributed by atoms with Gasteiger partial charge in [-0.2, -0.15) is 13.2 Å². The van der Waals surface area contributed by atoms with Gasteiger partial charge in [0, 0.05) is 66.5 Å². The molecular formula is C47H54ClF3N4O6S3. The van der Waals surface area contributed by atoms with E-state index < -0.39 is 52.8 Å². The summed E-state index contributed by atoms with van der Waals surface area (Å²) in [5, 5.41) is 3.70. The summed E-state index contributed by atoms with van der Waals surface area (Å²) in [6.07, 6.45) is 4.81. The lowest BCUT2D eigenvalue weighted by molar-refractivity contribution is -0.0435. The van der Waals surface area contributed by atoms with Crippen LogP contribution in [0.2, 0.25) is 5.02 Å². The van der Waals surface area contributed by atoms with Crippen LogP contribution in [-0.4, -0.2) is 102 Å². The van der Waals surface area contributed by atoms with E-state index in [1.54, 1.807) is 6.07 Å². The number of nitrogens with one attached hydrogen (secondary N) is 2. The first-order valence-electron chi connectivity index (χ1n) is 21.4. The Balaban J connectivity index is 1.07. The van der Waals surface area contributed by atoms with E-state index >= 15 is 0 Å². The van der Waals surface area contributed by atoms with E-state index in [0.29, 0.717) is 69.1 Å². The fraction of sp³-hybridized carbons (Fsp3) is 0.426. The molecule has 1 atom stereocenters. The molecule has 1 aliphatic carbocycles. The molecule has 17 heteroatoms. The van der Waals surface area contributed by atoms with Crippen LogP contribution in [0.15, 0.2) is 111 Å². The van der Waals surface area contributed by atoms with Crippen molar-refractivity contribution in [1.29, 1.82) is 0 Å². The Bertz CT molecular complexity index is 2550. The molecule has 0 aromatic heterocycles. The number of amides is 1. The number of allylic oxidation sites excluding steroid dienone is 1. The normalized spacial score (nSPS) is 18.2. The molecule has 1 saturated heterocycles. The number of rotatable bonds is 15. The average molecular weight is 960 g/mol. The number of carbonyl (C=O) groups is 1. The van der Waals surface area contributed by atoms with Gasteiger partial charge in [-0.1, -0.05) is 67.4 Å². The third kappa shape index (κ3) is 12.1. The third-order valence-electron chi connectivity index (χ3n) is 12.2. The number of benzene rings is 4. The summed E-state index contributed by atoms with van der Waals surface area (Å²) in [5.74, 6) is -0.620. The molecule has 2 N–H and O–H groups in total. The maximum atomic E-state index is 14.2. The second-order valence-corrected chi connectivity index (χ2v) is 22.6. The summed E-state index contributed by atoms with van der Waals surface area (Å²) in [7, 11) is -10.9. The molecule has 2 heterocycles. The monoisotopic (exact) mass is 958 g/mol. The number of hydrogen-bond donors (Lipinski definition) is 2. The van der Waals surface area contributed by atoms with Gasteiger partial charge in [-0.05, 0) is 121 Å². The van der Waals surface area contributed by atoms with Crippen LogP contribution >= 0.6 is 23.4 Å². The lowest BCUT2D eigenvalue weighted by atomic mass is 9.73. The second-order valence-electron chi connectivity index (χ2n) is 17.4. The molecule has 1 amide bonds. The van der Waals surface area contributed by atoms with Crippen LogP contribution in [-0.2, 0) is 37.4 Å². The number of hydrogen-bond acceptors (Lipinski definition) is 10. The molecule has 0 spiro atoms.